The molecule has 1 amide bonds. The van der Waals surface area contributed by atoms with E-state index in [0.717, 1.165) is 43.0 Å². The maximum Gasteiger partial charge on any atom is 0.326 e. The third kappa shape index (κ3) is 3.50. The number of hydrogen-bond donors (Lipinski definition) is 2. The molecule has 1 heterocycles. The molecule has 0 spiro atoms. The number of rotatable bonds is 4. The van der Waals surface area contributed by atoms with Crippen LogP contribution in [0.4, 0.5) is 0 Å². The fourth-order valence-electron chi connectivity index (χ4n) is 3.26. The number of hydrogen-bond acceptors (Lipinski definition) is 3. The molecule has 1 aliphatic carbocycles. The molecule has 5 heteroatoms. The summed E-state index contributed by atoms with van der Waals surface area (Å²) >= 11 is 0. The van der Waals surface area contributed by atoms with E-state index in [-0.39, 0.29) is 11.6 Å². The number of nitrogens with one attached hydrogen (secondary N) is 1. The molecule has 2 aromatic rings. The molecule has 2 N–H and O–H groups in total. The third-order valence-corrected chi connectivity index (χ3v) is 4.50. The Labute approximate surface area is 134 Å². The van der Waals surface area contributed by atoms with Crippen molar-refractivity contribution in [2.45, 2.75) is 38.1 Å². The van der Waals surface area contributed by atoms with Gasteiger partial charge in [-0.15, -0.1) is 0 Å². The van der Waals surface area contributed by atoms with Crippen LogP contribution in [0.15, 0.2) is 36.4 Å². The van der Waals surface area contributed by atoms with E-state index in [9.17, 15) is 14.7 Å². The lowest BCUT2D eigenvalue weighted by Crippen LogP contribution is -2.46. The molecule has 23 heavy (non-hydrogen) atoms. The van der Waals surface area contributed by atoms with Crippen LogP contribution in [0.3, 0.4) is 0 Å². The number of carboxylic acids is 1. The molecule has 1 aliphatic rings. The molecule has 0 saturated heterocycles. The van der Waals surface area contributed by atoms with E-state index >= 15 is 0 Å². The van der Waals surface area contributed by atoms with Gasteiger partial charge in [0.25, 0.3) is 5.91 Å². The maximum absolute atomic E-state index is 12.4. The van der Waals surface area contributed by atoms with Gasteiger partial charge in [0, 0.05) is 5.39 Å². The molecule has 120 valence electrons. The van der Waals surface area contributed by atoms with Gasteiger partial charge < -0.3 is 10.4 Å². The van der Waals surface area contributed by atoms with Gasteiger partial charge in [-0.1, -0.05) is 43.5 Å². The van der Waals surface area contributed by atoms with Crippen molar-refractivity contribution < 1.29 is 14.7 Å². The first-order valence-electron chi connectivity index (χ1n) is 8.04. The zero-order valence-corrected chi connectivity index (χ0v) is 12.9. The highest BCUT2D eigenvalue weighted by Crippen LogP contribution is 2.26. The predicted octanol–water partition coefficient (Wildman–Crippen LogP) is 3.00. The molecule has 1 atom stereocenters. The van der Waals surface area contributed by atoms with Crippen molar-refractivity contribution in [3.05, 3.63) is 42.1 Å². The summed E-state index contributed by atoms with van der Waals surface area (Å²) in [6, 6.07) is 10.2. The van der Waals surface area contributed by atoms with Crippen LogP contribution < -0.4 is 5.32 Å². The minimum atomic E-state index is -0.967. The molecule has 5 nitrogen and oxygen atoms in total. The summed E-state index contributed by atoms with van der Waals surface area (Å²) in [5.74, 6) is -1.38. The Bertz CT molecular complexity index is 723. The quantitative estimate of drug-likeness (QED) is 0.909. The summed E-state index contributed by atoms with van der Waals surface area (Å²) in [5, 5.41) is 13.1. The largest absolute Gasteiger partial charge is 0.480 e. The smallest absolute Gasteiger partial charge is 0.326 e. The first-order chi connectivity index (χ1) is 11.1. The standard InChI is InChI=1S/C18H20N2O3/c21-17(15-11-10-12-6-4-5-9-14(12)19-15)20-16(18(22)23)13-7-2-1-3-8-13/h4-6,9-11,13,16H,1-3,7-8H2,(H,20,21)(H,22,23)/t16-/m0/s1. The molecule has 0 radical (unpaired) electrons. The lowest BCUT2D eigenvalue weighted by molar-refractivity contribution is -0.141. The van der Waals surface area contributed by atoms with Crippen LogP contribution in [0, 0.1) is 5.92 Å². The average molecular weight is 312 g/mol. The third-order valence-electron chi connectivity index (χ3n) is 4.50. The maximum atomic E-state index is 12.4. The monoisotopic (exact) mass is 312 g/mol. The highest BCUT2D eigenvalue weighted by Gasteiger charge is 2.31. The highest BCUT2D eigenvalue weighted by molar-refractivity contribution is 5.97. The van der Waals surface area contributed by atoms with Gasteiger partial charge in [-0.05, 0) is 30.9 Å². The zero-order chi connectivity index (χ0) is 16.2. The number of pyridine rings is 1. The lowest BCUT2D eigenvalue weighted by atomic mass is 9.84. The lowest BCUT2D eigenvalue weighted by Gasteiger charge is -2.27. The Balaban J connectivity index is 1.78. The summed E-state index contributed by atoms with van der Waals surface area (Å²) in [4.78, 5) is 28.3. The Morgan fingerprint density at radius 3 is 2.57 bits per heavy atom. The van der Waals surface area contributed by atoms with Crippen LogP contribution in [0.1, 0.15) is 42.6 Å². The van der Waals surface area contributed by atoms with Crippen molar-refractivity contribution in [3.8, 4) is 0 Å². The van der Waals surface area contributed by atoms with E-state index in [1.54, 1.807) is 6.07 Å². The van der Waals surface area contributed by atoms with Gasteiger partial charge in [-0.25, -0.2) is 9.78 Å². The van der Waals surface area contributed by atoms with Crippen LogP contribution in [0.5, 0.6) is 0 Å². The number of aliphatic carboxylic acids is 1. The van der Waals surface area contributed by atoms with Gasteiger partial charge in [-0.2, -0.15) is 0 Å². The number of carboxylic acid groups (broad SMARTS) is 1. The van der Waals surface area contributed by atoms with Crippen LogP contribution in [-0.2, 0) is 4.79 Å². The normalized spacial score (nSPS) is 16.9. The Morgan fingerprint density at radius 2 is 1.83 bits per heavy atom. The molecular weight excluding hydrogens is 292 g/mol. The number of fused-ring (bicyclic) bond motifs is 1. The topological polar surface area (TPSA) is 79.3 Å². The number of amides is 1. The van der Waals surface area contributed by atoms with Gasteiger partial charge in [0.2, 0.25) is 0 Å². The summed E-state index contributed by atoms with van der Waals surface area (Å²) in [6.07, 6.45) is 4.89. The molecule has 1 aromatic carbocycles. The van der Waals surface area contributed by atoms with Crippen LogP contribution >= 0.6 is 0 Å². The second-order valence-corrected chi connectivity index (χ2v) is 6.08. The molecule has 0 aliphatic heterocycles. The Morgan fingerprint density at radius 1 is 1.09 bits per heavy atom. The van der Waals surface area contributed by atoms with Crippen molar-refractivity contribution in [3.63, 3.8) is 0 Å². The van der Waals surface area contributed by atoms with Crippen molar-refractivity contribution in [1.82, 2.24) is 10.3 Å². The zero-order valence-electron chi connectivity index (χ0n) is 12.9. The van der Waals surface area contributed by atoms with Gasteiger partial charge in [-0.3, -0.25) is 4.79 Å². The summed E-state index contributed by atoms with van der Waals surface area (Å²) in [6.45, 7) is 0. The van der Waals surface area contributed by atoms with Crippen molar-refractivity contribution >= 4 is 22.8 Å². The molecule has 0 unspecified atom stereocenters. The molecule has 1 aromatic heterocycles. The van der Waals surface area contributed by atoms with Crippen LogP contribution in [0.2, 0.25) is 0 Å². The molecule has 3 rings (SSSR count). The van der Waals surface area contributed by atoms with Crippen molar-refractivity contribution in [1.29, 1.82) is 0 Å². The van der Waals surface area contributed by atoms with Crippen LogP contribution in [-0.4, -0.2) is 28.0 Å². The van der Waals surface area contributed by atoms with E-state index in [0.29, 0.717) is 0 Å². The highest BCUT2D eigenvalue weighted by atomic mass is 16.4. The summed E-state index contributed by atoms with van der Waals surface area (Å²) in [7, 11) is 0. The number of nitrogens with zero attached hydrogens (tertiary/aromatic N) is 1. The number of para-hydroxylation sites is 1. The minimum absolute atomic E-state index is 0.00524. The second-order valence-electron chi connectivity index (χ2n) is 6.08. The fraction of sp³-hybridized carbons (Fsp3) is 0.389. The fourth-order valence-corrected chi connectivity index (χ4v) is 3.26. The average Bonchev–Trinajstić information content (AvgIpc) is 2.59. The Kier molecular flexibility index (Phi) is 4.55. The summed E-state index contributed by atoms with van der Waals surface area (Å²) < 4.78 is 0. The molecular formula is C18H20N2O3. The number of benzene rings is 1. The summed E-state index contributed by atoms with van der Waals surface area (Å²) in [5.41, 5.74) is 0.982. The van der Waals surface area contributed by atoms with E-state index < -0.39 is 17.9 Å². The number of carbonyl (C=O) groups excluding carboxylic acids is 1. The molecule has 1 fully saturated rings. The predicted molar refractivity (Wildman–Crippen MR) is 87.2 cm³/mol. The molecule has 0 bridgehead atoms. The minimum Gasteiger partial charge on any atom is -0.480 e. The van der Waals surface area contributed by atoms with Gasteiger partial charge in [0.05, 0.1) is 5.52 Å². The Hall–Kier alpha value is -2.43. The second kappa shape index (κ2) is 6.77. The van der Waals surface area contributed by atoms with Crippen LogP contribution in [0.25, 0.3) is 10.9 Å². The number of aromatic nitrogens is 1. The van der Waals surface area contributed by atoms with Gasteiger partial charge >= 0.3 is 5.97 Å². The molecule has 1 saturated carbocycles. The first-order valence-corrected chi connectivity index (χ1v) is 8.04. The van der Waals surface area contributed by atoms with E-state index in [2.05, 4.69) is 10.3 Å². The van der Waals surface area contributed by atoms with E-state index in [4.69, 9.17) is 0 Å². The van der Waals surface area contributed by atoms with Gasteiger partial charge in [0.1, 0.15) is 11.7 Å². The number of carbonyl (C=O) groups is 2. The SMILES string of the molecule is O=C(N[C@H](C(=O)O)C1CCCCC1)c1ccc2ccccc2n1. The van der Waals surface area contributed by atoms with Crippen molar-refractivity contribution in [2.75, 3.05) is 0 Å². The van der Waals surface area contributed by atoms with Crippen molar-refractivity contribution in [2.24, 2.45) is 5.92 Å². The van der Waals surface area contributed by atoms with E-state index in [1.165, 1.54) is 0 Å². The van der Waals surface area contributed by atoms with Gasteiger partial charge in [0.15, 0.2) is 0 Å². The van der Waals surface area contributed by atoms with E-state index in [1.807, 2.05) is 30.3 Å². The first kappa shape index (κ1) is 15.5.